The van der Waals surface area contributed by atoms with E-state index in [-0.39, 0.29) is 5.82 Å². The van der Waals surface area contributed by atoms with Crippen LogP contribution in [0.5, 0.6) is 0 Å². The van der Waals surface area contributed by atoms with Crippen molar-refractivity contribution in [2.75, 3.05) is 5.32 Å². The van der Waals surface area contributed by atoms with Gasteiger partial charge in [-0.1, -0.05) is 23.4 Å². The zero-order chi connectivity index (χ0) is 17.9. The van der Waals surface area contributed by atoms with Crippen LogP contribution in [0.15, 0.2) is 48.7 Å². The molecule has 0 fully saturated rings. The molecule has 4 rings (SSSR count). The van der Waals surface area contributed by atoms with Crippen molar-refractivity contribution in [1.82, 2.24) is 29.9 Å². The van der Waals surface area contributed by atoms with Gasteiger partial charge in [0.1, 0.15) is 11.6 Å². The van der Waals surface area contributed by atoms with Crippen molar-refractivity contribution in [3.05, 3.63) is 71.6 Å². The average molecular weight is 349 g/mol. The topological polar surface area (TPSA) is 81.4 Å². The predicted octanol–water partition coefficient (Wildman–Crippen LogP) is 2.72. The lowest BCUT2D eigenvalue weighted by Crippen LogP contribution is -2.07. The van der Waals surface area contributed by atoms with Gasteiger partial charge in [-0.2, -0.15) is 0 Å². The molecule has 0 bridgehead atoms. The first-order chi connectivity index (χ1) is 12.7. The molecule has 0 unspecified atom stereocenters. The number of halogens is 1. The molecule has 0 atom stereocenters. The summed E-state index contributed by atoms with van der Waals surface area (Å²) in [6, 6.07) is 12.0. The minimum Gasteiger partial charge on any atom is -0.362 e. The molecule has 4 aromatic rings. The normalized spacial score (nSPS) is 11.0. The quantitative estimate of drug-likeness (QED) is 0.597. The van der Waals surface area contributed by atoms with Crippen molar-refractivity contribution in [2.45, 2.75) is 20.0 Å². The highest BCUT2D eigenvalue weighted by molar-refractivity contribution is 5.82. The maximum atomic E-state index is 13.1. The number of rotatable bonds is 5. The fourth-order valence-electron chi connectivity index (χ4n) is 2.63. The van der Waals surface area contributed by atoms with E-state index in [1.807, 2.05) is 25.1 Å². The summed E-state index contributed by atoms with van der Waals surface area (Å²) in [5, 5.41) is 11.7. The van der Waals surface area contributed by atoms with Gasteiger partial charge in [0.05, 0.1) is 18.8 Å². The lowest BCUT2D eigenvalue weighted by molar-refractivity contribution is 0.623. The maximum absolute atomic E-state index is 13.1. The van der Waals surface area contributed by atoms with Crippen molar-refractivity contribution in [1.29, 1.82) is 0 Å². The number of hydrogen-bond acceptors (Lipinski definition) is 6. The third-order valence-electron chi connectivity index (χ3n) is 3.88. The number of nitrogens with one attached hydrogen (secondary N) is 1. The lowest BCUT2D eigenvalue weighted by atomic mass is 10.2. The van der Waals surface area contributed by atoms with Gasteiger partial charge in [0, 0.05) is 6.20 Å². The van der Waals surface area contributed by atoms with Crippen LogP contribution >= 0.6 is 0 Å². The molecule has 0 saturated heterocycles. The number of hydrogen-bond donors (Lipinski definition) is 1. The third-order valence-corrected chi connectivity index (χ3v) is 3.88. The van der Waals surface area contributed by atoms with Gasteiger partial charge >= 0.3 is 0 Å². The summed E-state index contributed by atoms with van der Waals surface area (Å²) in [7, 11) is 0. The van der Waals surface area contributed by atoms with Crippen LogP contribution in [0, 0.1) is 12.7 Å². The minimum atomic E-state index is -0.267. The molecule has 0 amide bonds. The summed E-state index contributed by atoms with van der Waals surface area (Å²) >= 11 is 0. The number of aromatic nitrogens is 6. The molecule has 0 aliphatic rings. The molecule has 26 heavy (non-hydrogen) atoms. The number of aryl methyl sites for hydroxylation is 1. The van der Waals surface area contributed by atoms with Crippen molar-refractivity contribution in [3.8, 4) is 0 Å². The molecule has 3 heterocycles. The number of pyridine rings is 1. The van der Waals surface area contributed by atoms with E-state index < -0.39 is 0 Å². The summed E-state index contributed by atoms with van der Waals surface area (Å²) in [4.78, 5) is 13.2. The molecule has 0 aliphatic carbocycles. The van der Waals surface area contributed by atoms with E-state index in [1.54, 1.807) is 23.0 Å². The molecular weight excluding hydrogens is 333 g/mol. The van der Waals surface area contributed by atoms with Crippen LogP contribution in [0.4, 0.5) is 10.2 Å². The van der Waals surface area contributed by atoms with Crippen molar-refractivity contribution in [3.63, 3.8) is 0 Å². The summed E-state index contributed by atoms with van der Waals surface area (Å²) in [6.07, 6.45) is 1.75. The molecule has 0 saturated carbocycles. The van der Waals surface area contributed by atoms with Crippen LogP contribution in [-0.4, -0.2) is 29.9 Å². The first-order valence-corrected chi connectivity index (χ1v) is 8.15. The second-order valence-electron chi connectivity index (χ2n) is 5.84. The van der Waals surface area contributed by atoms with Gasteiger partial charge in [0.15, 0.2) is 17.0 Å². The van der Waals surface area contributed by atoms with Crippen molar-refractivity contribution < 1.29 is 4.39 Å². The van der Waals surface area contributed by atoms with E-state index in [0.29, 0.717) is 35.9 Å². The zero-order valence-corrected chi connectivity index (χ0v) is 14.1. The van der Waals surface area contributed by atoms with E-state index in [1.165, 1.54) is 12.1 Å². The summed E-state index contributed by atoms with van der Waals surface area (Å²) < 4.78 is 14.8. The molecule has 130 valence electrons. The molecule has 0 radical (unpaired) electrons. The second-order valence-corrected chi connectivity index (χ2v) is 5.84. The molecule has 1 aromatic carbocycles. The van der Waals surface area contributed by atoms with Gasteiger partial charge in [0.25, 0.3) is 0 Å². The first-order valence-electron chi connectivity index (χ1n) is 8.15. The Balaban J connectivity index is 1.63. The molecule has 0 spiro atoms. The highest BCUT2D eigenvalue weighted by Gasteiger charge is 2.14. The Morgan fingerprint density at radius 1 is 1.08 bits per heavy atom. The average Bonchev–Trinajstić information content (AvgIpc) is 3.05. The first kappa shape index (κ1) is 16.1. The van der Waals surface area contributed by atoms with Crippen molar-refractivity contribution >= 4 is 17.0 Å². The fourth-order valence-corrected chi connectivity index (χ4v) is 2.63. The molecular formula is C18H16FN7. The lowest BCUT2D eigenvalue weighted by Gasteiger charge is -2.07. The maximum Gasteiger partial charge on any atom is 0.184 e. The van der Waals surface area contributed by atoms with Gasteiger partial charge < -0.3 is 5.32 Å². The van der Waals surface area contributed by atoms with E-state index in [4.69, 9.17) is 0 Å². The van der Waals surface area contributed by atoms with Gasteiger partial charge in [-0.15, -0.1) is 5.10 Å². The van der Waals surface area contributed by atoms with Crippen LogP contribution in [0.25, 0.3) is 11.2 Å². The fraction of sp³-hybridized carbons (Fsp3) is 0.167. The summed E-state index contributed by atoms with van der Waals surface area (Å²) in [6.45, 7) is 2.80. The largest absolute Gasteiger partial charge is 0.362 e. The van der Waals surface area contributed by atoms with Gasteiger partial charge in [0.2, 0.25) is 0 Å². The van der Waals surface area contributed by atoms with Crippen LogP contribution in [0.3, 0.4) is 0 Å². The third kappa shape index (κ3) is 3.34. The van der Waals surface area contributed by atoms with Crippen LogP contribution in [0.1, 0.15) is 17.1 Å². The van der Waals surface area contributed by atoms with Gasteiger partial charge in [-0.25, -0.2) is 19.0 Å². The number of fused-ring (bicyclic) bond motifs is 1. The Morgan fingerprint density at radius 2 is 1.92 bits per heavy atom. The summed E-state index contributed by atoms with van der Waals surface area (Å²) in [5.74, 6) is 0.962. The highest BCUT2D eigenvalue weighted by Crippen LogP contribution is 2.19. The highest BCUT2D eigenvalue weighted by atomic mass is 19.1. The van der Waals surface area contributed by atoms with Crippen molar-refractivity contribution in [2.24, 2.45) is 0 Å². The molecule has 0 aliphatic heterocycles. The number of anilines is 1. The van der Waals surface area contributed by atoms with E-state index >= 15 is 0 Å². The van der Waals surface area contributed by atoms with E-state index in [0.717, 1.165) is 11.3 Å². The van der Waals surface area contributed by atoms with Crippen LogP contribution in [-0.2, 0) is 13.1 Å². The monoisotopic (exact) mass is 349 g/mol. The van der Waals surface area contributed by atoms with Crippen LogP contribution in [0.2, 0.25) is 0 Å². The van der Waals surface area contributed by atoms with E-state index in [9.17, 15) is 4.39 Å². The number of benzene rings is 1. The van der Waals surface area contributed by atoms with Crippen LogP contribution < -0.4 is 5.32 Å². The van der Waals surface area contributed by atoms with Gasteiger partial charge in [-0.3, -0.25) is 4.98 Å². The predicted molar refractivity (Wildman–Crippen MR) is 94.9 cm³/mol. The standard InChI is InChI=1S/C18H16FN7/c1-12-22-17(21-10-15-4-2-3-9-20-15)16-18(23-12)26(25-24-16)11-13-5-7-14(19)8-6-13/h2-9H,10-11H2,1H3,(H,21,22,23). The number of nitrogens with zero attached hydrogens (tertiary/aromatic N) is 6. The molecule has 8 heteroatoms. The Bertz CT molecular complexity index is 1030. The summed E-state index contributed by atoms with van der Waals surface area (Å²) in [5.41, 5.74) is 3.03. The zero-order valence-electron chi connectivity index (χ0n) is 14.1. The molecule has 1 N–H and O–H groups in total. The Hall–Kier alpha value is -3.42. The minimum absolute atomic E-state index is 0.267. The Kier molecular flexibility index (Phi) is 4.22. The smallest absolute Gasteiger partial charge is 0.184 e. The Labute approximate surface area is 148 Å². The molecule has 3 aromatic heterocycles. The second kappa shape index (κ2) is 6.83. The SMILES string of the molecule is Cc1nc(NCc2ccccn2)c2nnn(Cc3ccc(F)cc3)c2n1. The molecule has 7 nitrogen and oxygen atoms in total. The Morgan fingerprint density at radius 3 is 2.69 bits per heavy atom. The van der Waals surface area contributed by atoms with E-state index in [2.05, 4.69) is 30.6 Å². The van der Waals surface area contributed by atoms with Gasteiger partial charge in [-0.05, 0) is 36.8 Å².